The molecule has 0 bridgehead atoms. The molecule has 1 aliphatic carbocycles. The number of hydrogen-bond donors (Lipinski definition) is 0. The van der Waals surface area contributed by atoms with E-state index in [2.05, 4.69) is 137 Å². The zero-order valence-electron chi connectivity index (χ0n) is 31.7. The van der Waals surface area contributed by atoms with Gasteiger partial charge in [-0.2, -0.15) is 5.10 Å². The molecule has 3 aromatic heterocycles. The van der Waals surface area contributed by atoms with Gasteiger partial charge in [0.2, 0.25) is 0 Å². The van der Waals surface area contributed by atoms with E-state index in [0.717, 1.165) is 65.4 Å². The molecule has 1 aliphatic rings. The second kappa shape index (κ2) is 14.9. The van der Waals surface area contributed by atoms with Crippen LogP contribution in [0, 0.1) is 12.8 Å². The number of aryl methyl sites for hydroxylation is 2. The van der Waals surface area contributed by atoms with Crippen molar-refractivity contribution in [3.05, 3.63) is 119 Å². The average molecular weight is 679 g/mol. The van der Waals surface area contributed by atoms with E-state index in [9.17, 15) is 0 Å². The van der Waals surface area contributed by atoms with E-state index >= 15 is 0 Å². The van der Waals surface area contributed by atoms with Gasteiger partial charge in [-0.25, -0.2) is 9.67 Å². The highest BCUT2D eigenvalue weighted by atomic mass is 16.5. The molecule has 3 aromatic carbocycles. The normalized spacial score (nSPS) is 16.4. The number of ether oxygens (including phenoxy) is 1. The molecule has 7 rings (SSSR count). The second-order valence-corrected chi connectivity index (χ2v) is 15.1. The van der Waals surface area contributed by atoms with Crippen LogP contribution in [-0.4, -0.2) is 19.3 Å². The Kier molecular flexibility index (Phi) is 10.2. The molecule has 3 heterocycles. The van der Waals surface area contributed by atoms with Gasteiger partial charge in [-0.3, -0.25) is 4.57 Å². The molecule has 0 N–H and O–H groups in total. The topological polar surface area (TPSA) is 44.9 Å². The molecule has 0 fully saturated rings. The SMILES string of the molecule is CCCCc1ccnc(-n2c3ccccc3c3ccc(Oc4cc(C(C)C)cc(-n5nc(C)c(C6C(C)=CCC[C@@H]6C)c5CCCC)c4)cc32)c1. The van der Waals surface area contributed by atoms with Crippen molar-refractivity contribution in [2.75, 3.05) is 0 Å². The second-order valence-electron chi connectivity index (χ2n) is 15.1. The van der Waals surface area contributed by atoms with Crippen LogP contribution in [0.5, 0.6) is 11.5 Å². The lowest BCUT2D eigenvalue weighted by Crippen LogP contribution is -2.17. The number of benzene rings is 3. The van der Waals surface area contributed by atoms with Gasteiger partial charge in [-0.15, -0.1) is 0 Å². The van der Waals surface area contributed by atoms with Gasteiger partial charge in [0, 0.05) is 46.3 Å². The summed E-state index contributed by atoms with van der Waals surface area (Å²) in [5, 5.41) is 7.69. The van der Waals surface area contributed by atoms with Crippen LogP contribution >= 0.6 is 0 Å². The maximum Gasteiger partial charge on any atom is 0.137 e. The summed E-state index contributed by atoms with van der Waals surface area (Å²) in [5.74, 6) is 3.94. The fourth-order valence-corrected chi connectivity index (χ4v) is 8.25. The Morgan fingerprint density at radius 2 is 1.63 bits per heavy atom. The first-order valence-electron chi connectivity index (χ1n) is 19.3. The number of rotatable bonds is 12. The summed E-state index contributed by atoms with van der Waals surface area (Å²) in [6.07, 6.45) is 13.5. The third-order valence-corrected chi connectivity index (χ3v) is 11.0. The van der Waals surface area contributed by atoms with Gasteiger partial charge in [0.1, 0.15) is 17.3 Å². The van der Waals surface area contributed by atoms with Crippen molar-refractivity contribution >= 4 is 21.8 Å². The fraction of sp³-hybridized carbons (Fsp3) is 0.391. The van der Waals surface area contributed by atoms with Gasteiger partial charge in [-0.05, 0) is 118 Å². The third-order valence-electron chi connectivity index (χ3n) is 11.0. The minimum atomic E-state index is 0.335. The predicted octanol–water partition coefficient (Wildman–Crippen LogP) is 12.7. The first-order chi connectivity index (χ1) is 24.8. The maximum absolute atomic E-state index is 6.83. The lowest BCUT2D eigenvalue weighted by Gasteiger charge is -2.30. The number of hydrogen-bond acceptors (Lipinski definition) is 3. The van der Waals surface area contributed by atoms with Crippen LogP contribution in [0.15, 0.2) is 90.6 Å². The van der Waals surface area contributed by atoms with Crippen molar-refractivity contribution in [2.45, 2.75) is 112 Å². The number of fused-ring (bicyclic) bond motifs is 3. The summed E-state index contributed by atoms with van der Waals surface area (Å²) >= 11 is 0. The van der Waals surface area contributed by atoms with Crippen LogP contribution < -0.4 is 4.74 Å². The smallest absolute Gasteiger partial charge is 0.137 e. The molecule has 2 atom stereocenters. The Bertz CT molecular complexity index is 2200. The van der Waals surface area contributed by atoms with Gasteiger partial charge in [0.05, 0.1) is 22.4 Å². The van der Waals surface area contributed by atoms with Crippen molar-refractivity contribution in [3.63, 3.8) is 0 Å². The molecule has 0 saturated carbocycles. The Labute approximate surface area is 304 Å². The number of para-hydroxylation sites is 1. The van der Waals surface area contributed by atoms with E-state index in [1.807, 2.05) is 6.20 Å². The zero-order valence-corrected chi connectivity index (χ0v) is 31.7. The number of unbranched alkanes of at least 4 members (excludes halogenated alkanes) is 2. The van der Waals surface area contributed by atoms with E-state index < -0.39 is 0 Å². The lowest BCUT2D eigenvalue weighted by molar-refractivity contribution is 0.446. The minimum Gasteiger partial charge on any atom is -0.457 e. The highest BCUT2D eigenvalue weighted by Gasteiger charge is 2.31. The van der Waals surface area contributed by atoms with Crippen LogP contribution in [0.4, 0.5) is 0 Å². The van der Waals surface area contributed by atoms with Crippen LogP contribution in [0.2, 0.25) is 0 Å². The van der Waals surface area contributed by atoms with Crippen molar-refractivity contribution in [2.24, 2.45) is 5.92 Å². The highest BCUT2D eigenvalue weighted by molar-refractivity contribution is 6.09. The quantitative estimate of drug-likeness (QED) is 0.121. The van der Waals surface area contributed by atoms with E-state index in [4.69, 9.17) is 14.8 Å². The summed E-state index contributed by atoms with van der Waals surface area (Å²) in [7, 11) is 0. The van der Waals surface area contributed by atoms with Crippen LogP contribution in [0.1, 0.15) is 120 Å². The molecule has 1 unspecified atom stereocenters. The van der Waals surface area contributed by atoms with Gasteiger partial charge in [0.15, 0.2) is 0 Å². The molecule has 0 aliphatic heterocycles. The van der Waals surface area contributed by atoms with E-state index in [1.165, 1.54) is 64.4 Å². The standard InChI is InChI=1S/C46H54N4O/c1-8-10-17-34-23-24-47-44(25-34)49-41-20-13-12-18-39(41)40-22-21-37(29-43(40)49)51-38-27-35(30(3)4)26-36(28-38)50-42(19-11-9-2)46(33(7)48-50)45-31(5)15-14-16-32(45)6/h12-13,15,18,20-30,32,45H,8-11,14,16-17,19H2,1-7H3/t32-,45?/m0/s1. The molecular weight excluding hydrogens is 625 g/mol. The Morgan fingerprint density at radius 1 is 0.843 bits per heavy atom. The molecule has 6 aromatic rings. The zero-order chi connectivity index (χ0) is 35.6. The number of pyridine rings is 1. The first-order valence-corrected chi connectivity index (χ1v) is 19.3. The van der Waals surface area contributed by atoms with Crippen molar-refractivity contribution in [3.8, 4) is 23.0 Å². The summed E-state index contributed by atoms with van der Waals surface area (Å²) < 4.78 is 11.4. The number of aromatic nitrogens is 4. The third kappa shape index (κ3) is 6.88. The molecule has 5 nitrogen and oxygen atoms in total. The first kappa shape index (κ1) is 34.8. The Balaban J connectivity index is 1.32. The molecule has 264 valence electrons. The summed E-state index contributed by atoms with van der Waals surface area (Å²) in [4.78, 5) is 4.87. The molecule has 51 heavy (non-hydrogen) atoms. The molecule has 0 spiro atoms. The van der Waals surface area contributed by atoms with Crippen LogP contribution in [0.25, 0.3) is 33.3 Å². The Morgan fingerprint density at radius 3 is 2.41 bits per heavy atom. The number of nitrogens with zero attached hydrogens (tertiary/aromatic N) is 4. The largest absolute Gasteiger partial charge is 0.457 e. The van der Waals surface area contributed by atoms with Crippen molar-refractivity contribution in [1.82, 2.24) is 19.3 Å². The monoisotopic (exact) mass is 678 g/mol. The molecular formula is C46H54N4O. The van der Waals surface area contributed by atoms with Gasteiger partial charge in [-0.1, -0.05) is 77.3 Å². The van der Waals surface area contributed by atoms with E-state index in [-0.39, 0.29) is 0 Å². The van der Waals surface area contributed by atoms with Gasteiger partial charge < -0.3 is 4.74 Å². The van der Waals surface area contributed by atoms with Gasteiger partial charge >= 0.3 is 0 Å². The van der Waals surface area contributed by atoms with E-state index in [0.29, 0.717) is 17.8 Å². The predicted molar refractivity (Wildman–Crippen MR) is 213 cm³/mol. The van der Waals surface area contributed by atoms with E-state index in [1.54, 1.807) is 0 Å². The van der Waals surface area contributed by atoms with Crippen molar-refractivity contribution in [1.29, 1.82) is 0 Å². The van der Waals surface area contributed by atoms with Crippen LogP contribution in [-0.2, 0) is 12.8 Å². The van der Waals surface area contributed by atoms with Crippen molar-refractivity contribution < 1.29 is 4.74 Å². The van der Waals surface area contributed by atoms with Gasteiger partial charge in [0.25, 0.3) is 0 Å². The molecule has 0 amide bonds. The minimum absolute atomic E-state index is 0.335. The highest BCUT2D eigenvalue weighted by Crippen LogP contribution is 2.43. The molecule has 5 heteroatoms. The molecule has 0 radical (unpaired) electrons. The average Bonchev–Trinajstić information content (AvgIpc) is 3.63. The summed E-state index contributed by atoms with van der Waals surface area (Å²) in [6, 6.07) is 26.2. The summed E-state index contributed by atoms with van der Waals surface area (Å²) in [6.45, 7) is 16.0. The Hall–Kier alpha value is -4.64. The summed E-state index contributed by atoms with van der Waals surface area (Å²) in [5.41, 5.74) is 11.3. The molecule has 0 saturated heterocycles. The lowest BCUT2D eigenvalue weighted by atomic mass is 9.75. The number of allylic oxidation sites excluding steroid dienone is 2. The fourth-order valence-electron chi connectivity index (χ4n) is 8.25. The maximum atomic E-state index is 6.83. The van der Waals surface area contributed by atoms with Crippen LogP contribution in [0.3, 0.4) is 0 Å².